The Kier molecular flexibility index (Phi) is 5.45. The molecule has 4 amide bonds. The van der Waals surface area contributed by atoms with Crippen LogP contribution in [0.15, 0.2) is 42.5 Å². The third-order valence-corrected chi connectivity index (χ3v) is 4.92. The van der Waals surface area contributed by atoms with Crippen LogP contribution < -0.4 is 20.2 Å². The van der Waals surface area contributed by atoms with E-state index in [4.69, 9.17) is 9.47 Å². The Morgan fingerprint density at radius 1 is 1.10 bits per heavy atom. The van der Waals surface area contributed by atoms with Crippen molar-refractivity contribution in [2.45, 2.75) is 26.3 Å². The monoisotopic (exact) mass is 397 g/mol. The zero-order chi connectivity index (χ0) is 21.2. The lowest BCUT2D eigenvalue weighted by Gasteiger charge is -2.22. The van der Waals surface area contributed by atoms with E-state index in [1.165, 1.54) is 7.11 Å². The molecule has 8 nitrogen and oxygen atoms in total. The maximum absolute atomic E-state index is 12.9. The van der Waals surface area contributed by atoms with Gasteiger partial charge in [-0.25, -0.2) is 4.79 Å². The molecule has 2 aromatic rings. The fourth-order valence-corrected chi connectivity index (χ4v) is 2.98. The number of hydrazine groups is 1. The van der Waals surface area contributed by atoms with Crippen molar-refractivity contribution >= 4 is 17.8 Å². The summed E-state index contributed by atoms with van der Waals surface area (Å²) >= 11 is 0. The van der Waals surface area contributed by atoms with E-state index in [0.29, 0.717) is 22.1 Å². The van der Waals surface area contributed by atoms with Crippen molar-refractivity contribution in [3.05, 3.63) is 59.2 Å². The van der Waals surface area contributed by atoms with Gasteiger partial charge in [-0.2, -0.15) is 5.01 Å². The lowest BCUT2D eigenvalue weighted by Crippen LogP contribution is -2.49. The van der Waals surface area contributed by atoms with E-state index < -0.39 is 23.4 Å². The molecule has 0 aliphatic carbocycles. The van der Waals surface area contributed by atoms with Gasteiger partial charge in [-0.05, 0) is 61.7 Å². The molecule has 0 unspecified atom stereocenters. The first-order valence-corrected chi connectivity index (χ1v) is 9.05. The summed E-state index contributed by atoms with van der Waals surface area (Å²) in [7, 11) is 1.51. The molecule has 29 heavy (non-hydrogen) atoms. The summed E-state index contributed by atoms with van der Waals surface area (Å²) in [4.78, 5) is 37.4. The van der Waals surface area contributed by atoms with Gasteiger partial charge in [-0.15, -0.1) is 0 Å². The quantitative estimate of drug-likeness (QED) is 0.729. The number of aryl methyl sites for hydroxylation is 2. The van der Waals surface area contributed by atoms with Gasteiger partial charge < -0.3 is 14.8 Å². The molecule has 0 aromatic heterocycles. The number of hydrogen-bond acceptors (Lipinski definition) is 5. The maximum atomic E-state index is 12.9. The molecule has 1 heterocycles. The summed E-state index contributed by atoms with van der Waals surface area (Å²) in [5, 5.41) is 3.29. The van der Waals surface area contributed by atoms with Gasteiger partial charge >= 0.3 is 6.03 Å². The first kappa shape index (κ1) is 20.2. The highest BCUT2D eigenvalue weighted by Gasteiger charge is 2.50. The average Bonchev–Trinajstić information content (AvgIpc) is 2.93. The lowest BCUT2D eigenvalue weighted by atomic mass is 9.92. The average molecular weight is 397 g/mol. The van der Waals surface area contributed by atoms with Crippen molar-refractivity contribution in [3.63, 3.8) is 0 Å². The molecule has 8 heteroatoms. The Hall–Kier alpha value is -3.55. The van der Waals surface area contributed by atoms with Crippen molar-refractivity contribution in [2.75, 3.05) is 13.7 Å². The maximum Gasteiger partial charge on any atom is 0.344 e. The molecule has 1 aliphatic heterocycles. The standard InChI is InChI=1S/C21H23N3O5/c1-13-8-9-17(10-14(13)2)29-12-18(25)23-24-19(26)21(3,22-20(24)27)15-6-5-7-16(11-15)28-4/h5-11H,12H2,1-4H3,(H,22,27)(H,23,25)/t21-/m0/s1. The van der Waals surface area contributed by atoms with Gasteiger partial charge in [0.1, 0.15) is 17.0 Å². The number of amides is 4. The lowest BCUT2D eigenvalue weighted by molar-refractivity contribution is -0.139. The highest BCUT2D eigenvalue weighted by atomic mass is 16.5. The second kappa shape index (κ2) is 7.83. The Labute approximate surface area is 168 Å². The van der Waals surface area contributed by atoms with Gasteiger partial charge in [-0.1, -0.05) is 18.2 Å². The van der Waals surface area contributed by atoms with Gasteiger partial charge in [0.15, 0.2) is 6.61 Å². The number of methoxy groups -OCH3 is 1. The summed E-state index contributed by atoms with van der Waals surface area (Å²) in [5.41, 5.74) is 3.66. The van der Waals surface area contributed by atoms with Crippen LogP contribution in [-0.2, 0) is 15.1 Å². The van der Waals surface area contributed by atoms with Crippen molar-refractivity contribution in [2.24, 2.45) is 0 Å². The second-order valence-electron chi connectivity index (χ2n) is 7.00. The molecule has 1 fully saturated rings. The number of imide groups is 1. The Morgan fingerprint density at radius 3 is 2.55 bits per heavy atom. The van der Waals surface area contributed by atoms with Crippen LogP contribution >= 0.6 is 0 Å². The second-order valence-corrected chi connectivity index (χ2v) is 7.00. The fraction of sp³-hybridized carbons (Fsp3) is 0.286. The van der Waals surface area contributed by atoms with Crippen LogP contribution in [0.25, 0.3) is 0 Å². The first-order valence-electron chi connectivity index (χ1n) is 9.05. The van der Waals surface area contributed by atoms with Gasteiger partial charge in [0.2, 0.25) is 0 Å². The summed E-state index contributed by atoms with van der Waals surface area (Å²) in [6.07, 6.45) is 0. The number of urea groups is 1. The fourth-order valence-electron chi connectivity index (χ4n) is 2.98. The van der Waals surface area contributed by atoms with Crippen molar-refractivity contribution in [3.8, 4) is 11.5 Å². The highest BCUT2D eigenvalue weighted by molar-refractivity contribution is 6.08. The van der Waals surface area contributed by atoms with Crippen molar-refractivity contribution in [1.29, 1.82) is 0 Å². The van der Waals surface area contributed by atoms with Crippen LogP contribution in [0.2, 0.25) is 0 Å². The smallest absolute Gasteiger partial charge is 0.344 e. The Morgan fingerprint density at radius 2 is 1.86 bits per heavy atom. The van der Waals surface area contributed by atoms with Crippen LogP contribution in [-0.4, -0.2) is 36.6 Å². The zero-order valence-corrected chi connectivity index (χ0v) is 16.7. The zero-order valence-electron chi connectivity index (χ0n) is 16.7. The minimum absolute atomic E-state index is 0.338. The normalized spacial score (nSPS) is 18.4. The number of rotatable bonds is 6. The van der Waals surface area contributed by atoms with Crippen molar-refractivity contribution in [1.82, 2.24) is 15.8 Å². The summed E-state index contributed by atoms with van der Waals surface area (Å²) < 4.78 is 10.6. The molecule has 2 N–H and O–H groups in total. The van der Waals surface area contributed by atoms with E-state index in [-0.39, 0.29) is 6.61 Å². The van der Waals surface area contributed by atoms with Crippen LogP contribution in [0.4, 0.5) is 4.79 Å². The summed E-state index contributed by atoms with van der Waals surface area (Å²) in [6, 6.07) is 11.6. The van der Waals surface area contributed by atoms with E-state index in [0.717, 1.165) is 11.1 Å². The van der Waals surface area contributed by atoms with Crippen LogP contribution in [0.3, 0.4) is 0 Å². The minimum atomic E-state index is -1.33. The van der Waals surface area contributed by atoms with E-state index in [1.807, 2.05) is 26.0 Å². The predicted octanol–water partition coefficient (Wildman–Crippen LogP) is 2.19. The van der Waals surface area contributed by atoms with Crippen LogP contribution in [0, 0.1) is 13.8 Å². The number of ether oxygens (including phenoxy) is 2. The molecule has 3 rings (SSSR count). The van der Waals surface area contributed by atoms with Gasteiger partial charge in [0.25, 0.3) is 11.8 Å². The molecule has 0 saturated carbocycles. The van der Waals surface area contributed by atoms with E-state index in [9.17, 15) is 14.4 Å². The van der Waals surface area contributed by atoms with Gasteiger partial charge in [0.05, 0.1) is 7.11 Å². The third kappa shape index (κ3) is 4.01. The highest BCUT2D eigenvalue weighted by Crippen LogP contribution is 2.30. The van der Waals surface area contributed by atoms with Gasteiger partial charge in [-0.3, -0.25) is 15.0 Å². The van der Waals surface area contributed by atoms with E-state index in [1.54, 1.807) is 37.3 Å². The van der Waals surface area contributed by atoms with Crippen molar-refractivity contribution < 1.29 is 23.9 Å². The molecule has 2 aromatic carbocycles. The molecule has 1 saturated heterocycles. The van der Waals surface area contributed by atoms with E-state index >= 15 is 0 Å². The predicted molar refractivity (Wildman–Crippen MR) is 105 cm³/mol. The largest absolute Gasteiger partial charge is 0.497 e. The third-order valence-electron chi connectivity index (χ3n) is 4.92. The molecule has 1 aliphatic rings. The van der Waals surface area contributed by atoms with E-state index in [2.05, 4.69) is 10.7 Å². The molecule has 152 valence electrons. The number of carbonyl (C=O) groups is 3. The first-order chi connectivity index (χ1) is 13.7. The molecular formula is C21H23N3O5. The molecular weight excluding hydrogens is 374 g/mol. The topological polar surface area (TPSA) is 97.0 Å². The van der Waals surface area contributed by atoms with Gasteiger partial charge in [0, 0.05) is 0 Å². The van der Waals surface area contributed by atoms with Crippen LogP contribution in [0.5, 0.6) is 11.5 Å². The number of benzene rings is 2. The molecule has 1 atom stereocenters. The number of carbonyl (C=O) groups excluding carboxylic acids is 3. The summed E-state index contributed by atoms with van der Waals surface area (Å²) in [6.45, 7) is 5.15. The molecule has 0 spiro atoms. The molecule has 0 bridgehead atoms. The number of nitrogens with one attached hydrogen (secondary N) is 2. The SMILES string of the molecule is COc1cccc([C@]2(C)NC(=O)N(NC(=O)COc3ccc(C)c(C)c3)C2=O)c1. The Balaban J connectivity index is 1.67. The Bertz CT molecular complexity index is 975. The number of nitrogens with zero attached hydrogens (tertiary/aromatic N) is 1. The molecule has 0 radical (unpaired) electrons. The van der Waals surface area contributed by atoms with Crippen LogP contribution in [0.1, 0.15) is 23.6 Å². The summed E-state index contributed by atoms with van der Waals surface area (Å²) in [5.74, 6) is -0.145. The number of hydrogen-bond donors (Lipinski definition) is 2. The minimum Gasteiger partial charge on any atom is -0.497 e.